The maximum atomic E-state index is 13.2. The van der Waals surface area contributed by atoms with E-state index < -0.39 is 17.5 Å². The van der Waals surface area contributed by atoms with Gasteiger partial charge in [0.15, 0.2) is 5.69 Å². The third-order valence-corrected chi connectivity index (χ3v) is 8.17. The Morgan fingerprint density at radius 1 is 0.936 bits per heavy atom. The number of hydrogen-bond donors (Lipinski definition) is 1. The van der Waals surface area contributed by atoms with Gasteiger partial charge in [-0.25, -0.2) is 4.79 Å². The lowest BCUT2D eigenvalue weighted by Gasteiger charge is -2.39. The lowest BCUT2D eigenvalue weighted by atomic mass is 9.89. The van der Waals surface area contributed by atoms with Crippen molar-refractivity contribution in [3.8, 4) is 17.4 Å². The topological polar surface area (TPSA) is 120 Å². The Bertz CT molecular complexity index is 1530. The van der Waals surface area contributed by atoms with Gasteiger partial charge >= 0.3 is 12.3 Å². The number of ether oxygens (including phenoxy) is 3. The van der Waals surface area contributed by atoms with Crippen molar-refractivity contribution in [3.63, 3.8) is 0 Å². The van der Waals surface area contributed by atoms with Gasteiger partial charge in [-0.05, 0) is 100 Å². The van der Waals surface area contributed by atoms with Crippen LogP contribution in [0.5, 0.6) is 17.4 Å². The zero-order chi connectivity index (χ0) is 33.8. The molecule has 2 aromatic carbocycles. The minimum absolute atomic E-state index is 0.0312. The van der Waals surface area contributed by atoms with E-state index >= 15 is 0 Å². The first-order chi connectivity index (χ1) is 22.2. The number of hydrogen-bond acceptors (Lipinski definition) is 8. The summed E-state index contributed by atoms with van der Waals surface area (Å²) in [7, 11) is 0. The Morgan fingerprint density at radius 2 is 1.64 bits per heavy atom. The van der Waals surface area contributed by atoms with Crippen LogP contribution in [0.2, 0.25) is 0 Å². The second-order valence-corrected chi connectivity index (χ2v) is 13.0. The summed E-state index contributed by atoms with van der Waals surface area (Å²) < 4.78 is 54.9. The van der Waals surface area contributed by atoms with E-state index in [0.717, 1.165) is 43.4 Å². The molecule has 3 aromatic rings. The molecule has 13 heteroatoms. The number of anilines is 1. The van der Waals surface area contributed by atoms with Crippen LogP contribution in [0.3, 0.4) is 0 Å². The Balaban J connectivity index is 1.03. The summed E-state index contributed by atoms with van der Waals surface area (Å²) >= 11 is 0. The molecule has 3 heterocycles. The summed E-state index contributed by atoms with van der Waals surface area (Å²) in [5.41, 5.74) is 6.67. The minimum Gasteiger partial charge on any atom is -0.491 e. The number of alkyl halides is 3. The zero-order valence-electron chi connectivity index (χ0n) is 26.8. The predicted molar refractivity (Wildman–Crippen MR) is 168 cm³/mol. The van der Waals surface area contributed by atoms with Gasteiger partial charge in [-0.3, -0.25) is 4.79 Å². The molecular formula is C34H40F3N5O5. The van der Waals surface area contributed by atoms with Gasteiger partial charge in [0.25, 0.3) is 5.91 Å². The number of likely N-dealkylation sites (tertiary alicyclic amines) is 2. The molecule has 252 valence electrons. The van der Waals surface area contributed by atoms with E-state index in [1.54, 1.807) is 35.2 Å². The average Bonchev–Trinajstić information content (AvgIpc) is 2.99. The van der Waals surface area contributed by atoms with Gasteiger partial charge in [0.1, 0.15) is 17.1 Å². The molecule has 2 fully saturated rings. The first kappa shape index (κ1) is 33.8. The van der Waals surface area contributed by atoms with E-state index in [0.29, 0.717) is 61.5 Å². The van der Waals surface area contributed by atoms with E-state index in [2.05, 4.69) is 10.2 Å². The zero-order valence-corrected chi connectivity index (χ0v) is 26.8. The number of nitrogens with zero attached hydrogens (tertiary/aromatic N) is 4. The number of nitrogens with two attached hydrogens (primary N) is 1. The van der Waals surface area contributed by atoms with Gasteiger partial charge in [-0.15, -0.1) is 10.2 Å². The van der Waals surface area contributed by atoms with Crippen LogP contribution in [0, 0.1) is 5.92 Å². The highest BCUT2D eigenvalue weighted by molar-refractivity contribution is 5.95. The van der Waals surface area contributed by atoms with Crippen molar-refractivity contribution in [1.29, 1.82) is 0 Å². The van der Waals surface area contributed by atoms with Crippen molar-refractivity contribution in [2.24, 2.45) is 5.92 Å². The Labute approximate surface area is 272 Å². The number of carbonyl (C=O) groups is 2. The van der Waals surface area contributed by atoms with Gasteiger partial charge in [-0.1, -0.05) is 12.1 Å². The molecular weight excluding hydrogens is 615 g/mol. The molecule has 2 aliphatic heterocycles. The Kier molecular flexibility index (Phi) is 10.1. The molecule has 0 unspecified atom stereocenters. The maximum Gasteiger partial charge on any atom is 0.435 e. The molecule has 2 N–H and O–H groups in total. The average molecular weight is 656 g/mol. The lowest BCUT2D eigenvalue weighted by molar-refractivity contribution is -0.141. The molecule has 47 heavy (non-hydrogen) atoms. The fourth-order valence-electron chi connectivity index (χ4n) is 5.65. The summed E-state index contributed by atoms with van der Waals surface area (Å²) in [5.74, 6) is 1.55. The minimum atomic E-state index is -4.56. The molecule has 0 atom stereocenters. The monoisotopic (exact) mass is 655 g/mol. The van der Waals surface area contributed by atoms with E-state index in [1.807, 2.05) is 37.8 Å². The van der Waals surface area contributed by atoms with E-state index in [4.69, 9.17) is 19.9 Å². The van der Waals surface area contributed by atoms with Gasteiger partial charge in [0.05, 0.1) is 12.3 Å². The number of piperidine rings is 1. The fourth-order valence-corrected chi connectivity index (χ4v) is 5.65. The van der Waals surface area contributed by atoms with E-state index in [9.17, 15) is 22.8 Å². The molecule has 0 bridgehead atoms. The largest absolute Gasteiger partial charge is 0.491 e. The molecule has 0 saturated carbocycles. The number of amides is 2. The van der Waals surface area contributed by atoms with Crippen LogP contribution >= 0.6 is 0 Å². The Morgan fingerprint density at radius 3 is 2.23 bits per heavy atom. The molecule has 0 aliphatic carbocycles. The predicted octanol–water partition coefficient (Wildman–Crippen LogP) is 6.92. The number of halogens is 3. The number of benzene rings is 2. The van der Waals surface area contributed by atoms with E-state index in [1.165, 1.54) is 0 Å². The van der Waals surface area contributed by atoms with Crippen LogP contribution in [0.15, 0.2) is 54.6 Å². The SMILES string of the molecule is CC(C)(C)OC(=O)N1CC(CCCOc2ccc(C(=O)N3CCC(c4ccc(Oc5ccc(C(F)(F)F)nn5)cc4)CC3)cc2N)C1. The summed E-state index contributed by atoms with van der Waals surface area (Å²) in [5, 5.41) is 6.67. The van der Waals surface area contributed by atoms with Crippen LogP contribution in [0.25, 0.3) is 0 Å². The summed E-state index contributed by atoms with van der Waals surface area (Å²) in [6.07, 6.45) is -1.51. The molecule has 0 radical (unpaired) electrons. The fraction of sp³-hybridized carbons (Fsp3) is 0.471. The molecule has 2 amide bonds. The van der Waals surface area contributed by atoms with Crippen LogP contribution in [-0.4, -0.2) is 70.4 Å². The van der Waals surface area contributed by atoms with Crippen LogP contribution in [0.4, 0.5) is 23.7 Å². The normalized spacial score (nSPS) is 16.0. The first-order valence-corrected chi connectivity index (χ1v) is 15.7. The maximum absolute atomic E-state index is 13.2. The molecule has 2 aliphatic rings. The van der Waals surface area contributed by atoms with Crippen molar-refractivity contribution in [1.82, 2.24) is 20.0 Å². The van der Waals surface area contributed by atoms with Crippen molar-refractivity contribution < 1.29 is 37.0 Å². The first-order valence-electron chi connectivity index (χ1n) is 15.7. The van der Waals surface area contributed by atoms with Crippen molar-refractivity contribution >= 4 is 17.7 Å². The smallest absolute Gasteiger partial charge is 0.435 e. The van der Waals surface area contributed by atoms with Gasteiger partial charge < -0.3 is 29.7 Å². The van der Waals surface area contributed by atoms with Crippen LogP contribution in [-0.2, 0) is 10.9 Å². The molecule has 2 saturated heterocycles. The summed E-state index contributed by atoms with van der Waals surface area (Å²) in [4.78, 5) is 28.9. The quantitative estimate of drug-likeness (QED) is 0.195. The highest BCUT2D eigenvalue weighted by Crippen LogP contribution is 2.32. The number of rotatable bonds is 9. The van der Waals surface area contributed by atoms with Gasteiger partial charge in [0, 0.05) is 37.8 Å². The Hall–Kier alpha value is -4.55. The van der Waals surface area contributed by atoms with Crippen molar-refractivity contribution in [2.75, 3.05) is 38.5 Å². The number of aromatic nitrogens is 2. The lowest BCUT2D eigenvalue weighted by Crippen LogP contribution is -2.51. The number of carbonyl (C=O) groups excluding carboxylic acids is 2. The second-order valence-electron chi connectivity index (χ2n) is 13.0. The van der Waals surface area contributed by atoms with Crippen LogP contribution < -0.4 is 15.2 Å². The second kappa shape index (κ2) is 14.1. The standard InChI is InChI=1S/C34H40F3N5O5/c1-33(2,3)47-32(44)42-20-22(21-42)5-4-18-45-28-11-8-25(19-27(28)38)31(43)41-16-14-24(15-17-41)23-6-9-26(10-7-23)46-30-13-12-29(39-40-30)34(35,36)37/h6-13,19,22,24H,4-5,14-18,20-21,38H2,1-3H3. The molecule has 10 nitrogen and oxygen atoms in total. The van der Waals surface area contributed by atoms with E-state index in [-0.39, 0.29) is 23.8 Å². The van der Waals surface area contributed by atoms with Crippen molar-refractivity contribution in [3.05, 3.63) is 71.4 Å². The summed E-state index contributed by atoms with van der Waals surface area (Å²) in [6.45, 7) is 8.62. The van der Waals surface area contributed by atoms with Crippen molar-refractivity contribution in [2.45, 2.75) is 64.1 Å². The molecule has 1 aromatic heterocycles. The number of nitrogen functional groups attached to an aromatic ring is 1. The molecule has 5 rings (SSSR count). The molecule has 0 spiro atoms. The third kappa shape index (κ3) is 9.05. The highest BCUT2D eigenvalue weighted by atomic mass is 19.4. The van der Waals surface area contributed by atoms with Gasteiger partial charge in [-0.2, -0.15) is 13.2 Å². The summed E-state index contributed by atoms with van der Waals surface area (Å²) in [6, 6.07) is 14.4. The van der Waals surface area contributed by atoms with Crippen LogP contribution in [0.1, 0.15) is 74.0 Å². The third-order valence-electron chi connectivity index (χ3n) is 8.17. The van der Waals surface area contributed by atoms with Gasteiger partial charge in [0.2, 0.25) is 5.88 Å². The highest BCUT2D eigenvalue weighted by Gasteiger charge is 2.34.